The molecule has 1 aliphatic carbocycles. The Morgan fingerprint density at radius 2 is 2.06 bits per heavy atom. The van der Waals surface area contributed by atoms with E-state index in [1.54, 1.807) is 6.33 Å². The number of hydrogen-bond acceptors (Lipinski definition) is 4. The molecule has 1 aliphatic rings. The number of nitrogens with two attached hydrogens (primary N) is 1. The second-order valence-electron chi connectivity index (χ2n) is 4.82. The monoisotopic (exact) mass is 220 g/mol. The van der Waals surface area contributed by atoms with Crippen molar-refractivity contribution in [3.8, 4) is 0 Å². The Kier molecular flexibility index (Phi) is 3.39. The third-order valence-corrected chi connectivity index (χ3v) is 3.27. The fraction of sp³-hybridized carbons (Fsp3) is 0.667. The van der Waals surface area contributed by atoms with E-state index in [1.807, 2.05) is 13.0 Å². The minimum absolute atomic E-state index is 0.0445. The molecule has 1 heterocycles. The van der Waals surface area contributed by atoms with Crippen LogP contribution in [0.25, 0.3) is 0 Å². The minimum Gasteiger partial charge on any atom is -0.368 e. The molecule has 4 nitrogen and oxygen atoms in total. The number of rotatable bonds is 3. The molecule has 1 saturated carbocycles. The van der Waals surface area contributed by atoms with Crippen LogP contribution in [0.3, 0.4) is 0 Å². The molecule has 0 saturated heterocycles. The predicted octanol–water partition coefficient (Wildman–Crippen LogP) is 1.86. The van der Waals surface area contributed by atoms with Crippen LogP contribution < -0.4 is 11.1 Å². The van der Waals surface area contributed by atoms with E-state index in [2.05, 4.69) is 15.3 Å². The molecule has 3 N–H and O–H groups in total. The van der Waals surface area contributed by atoms with E-state index in [9.17, 15) is 0 Å². The SMILES string of the molecule is Cc1cc(NCC2(N)CCCCC2)ncn1. The van der Waals surface area contributed by atoms with E-state index in [1.165, 1.54) is 19.3 Å². The molecule has 0 bridgehead atoms. The second kappa shape index (κ2) is 4.78. The number of nitrogens with one attached hydrogen (secondary N) is 1. The van der Waals surface area contributed by atoms with E-state index < -0.39 is 0 Å². The van der Waals surface area contributed by atoms with E-state index in [4.69, 9.17) is 5.73 Å². The lowest BCUT2D eigenvalue weighted by molar-refractivity contribution is 0.311. The molecule has 1 fully saturated rings. The molecule has 4 heteroatoms. The van der Waals surface area contributed by atoms with Gasteiger partial charge in [0.2, 0.25) is 0 Å². The maximum absolute atomic E-state index is 6.34. The average Bonchev–Trinajstić information content (AvgIpc) is 2.28. The summed E-state index contributed by atoms with van der Waals surface area (Å²) in [5.74, 6) is 0.878. The van der Waals surface area contributed by atoms with Crippen molar-refractivity contribution in [3.05, 3.63) is 18.1 Å². The van der Waals surface area contributed by atoms with Crippen molar-refractivity contribution in [2.75, 3.05) is 11.9 Å². The van der Waals surface area contributed by atoms with Gasteiger partial charge in [0.1, 0.15) is 12.1 Å². The smallest absolute Gasteiger partial charge is 0.129 e. The summed E-state index contributed by atoms with van der Waals surface area (Å²) in [6, 6.07) is 1.95. The fourth-order valence-electron chi connectivity index (χ4n) is 2.25. The Bertz CT molecular complexity index is 345. The summed E-state index contributed by atoms with van der Waals surface area (Å²) >= 11 is 0. The van der Waals surface area contributed by atoms with Crippen LogP contribution in [0.1, 0.15) is 37.8 Å². The van der Waals surface area contributed by atoms with Crippen molar-refractivity contribution in [3.63, 3.8) is 0 Å². The summed E-state index contributed by atoms with van der Waals surface area (Å²) in [5.41, 5.74) is 7.27. The molecular weight excluding hydrogens is 200 g/mol. The Balaban J connectivity index is 1.91. The number of aromatic nitrogens is 2. The van der Waals surface area contributed by atoms with Gasteiger partial charge in [0.15, 0.2) is 0 Å². The lowest BCUT2D eigenvalue weighted by atomic mass is 9.82. The van der Waals surface area contributed by atoms with E-state index in [0.717, 1.165) is 30.9 Å². The van der Waals surface area contributed by atoms with Crippen molar-refractivity contribution in [1.82, 2.24) is 9.97 Å². The van der Waals surface area contributed by atoms with Crippen molar-refractivity contribution >= 4 is 5.82 Å². The first kappa shape index (κ1) is 11.3. The molecule has 88 valence electrons. The Morgan fingerprint density at radius 1 is 1.31 bits per heavy atom. The number of nitrogens with zero attached hydrogens (tertiary/aromatic N) is 2. The van der Waals surface area contributed by atoms with E-state index in [-0.39, 0.29) is 5.54 Å². The Morgan fingerprint density at radius 3 is 2.75 bits per heavy atom. The van der Waals surface area contributed by atoms with Gasteiger partial charge in [0.05, 0.1) is 0 Å². The van der Waals surface area contributed by atoms with Gasteiger partial charge in [0.25, 0.3) is 0 Å². The largest absolute Gasteiger partial charge is 0.368 e. The summed E-state index contributed by atoms with van der Waals surface area (Å²) in [6.07, 6.45) is 7.64. The molecule has 0 atom stereocenters. The zero-order valence-corrected chi connectivity index (χ0v) is 9.87. The van der Waals surface area contributed by atoms with E-state index in [0.29, 0.717) is 0 Å². The van der Waals surface area contributed by atoms with Gasteiger partial charge in [0, 0.05) is 23.8 Å². The van der Waals surface area contributed by atoms with Gasteiger partial charge in [-0.15, -0.1) is 0 Å². The third-order valence-electron chi connectivity index (χ3n) is 3.27. The van der Waals surface area contributed by atoms with Gasteiger partial charge in [-0.2, -0.15) is 0 Å². The molecule has 0 aromatic carbocycles. The minimum atomic E-state index is -0.0445. The molecule has 1 aromatic heterocycles. The highest BCUT2D eigenvalue weighted by molar-refractivity contribution is 5.35. The van der Waals surface area contributed by atoms with Crippen LogP contribution in [0.15, 0.2) is 12.4 Å². The standard InChI is InChI=1S/C12H20N4/c1-10-7-11(16-9-15-10)14-8-12(13)5-3-2-4-6-12/h7,9H,2-6,8,13H2,1H3,(H,14,15,16). The summed E-state index contributed by atoms with van der Waals surface area (Å²) in [4.78, 5) is 8.25. The first-order valence-corrected chi connectivity index (χ1v) is 5.99. The van der Waals surface area contributed by atoms with Crippen LogP contribution in [0.4, 0.5) is 5.82 Å². The maximum atomic E-state index is 6.34. The normalized spacial score (nSPS) is 19.4. The van der Waals surface area contributed by atoms with Crippen LogP contribution >= 0.6 is 0 Å². The van der Waals surface area contributed by atoms with Gasteiger partial charge in [-0.05, 0) is 19.8 Å². The summed E-state index contributed by atoms with van der Waals surface area (Å²) in [6.45, 7) is 2.77. The van der Waals surface area contributed by atoms with Crippen molar-refractivity contribution in [1.29, 1.82) is 0 Å². The van der Waals surface area contributed by atoms with Crippen LogP contribution in [0.5, 0.6) is 0 Å². The van der Waals surface area contributed by atoms with Crippen LogP contribution in [0, 0.1) is 6.92 Å². The molecule has 0 aliphatic heterocycles. The first-order chi connectivity index (χ1) is 7.68. The molecule has 16 heavy (non-hydrogen) atoms. The number of aryl methyl sites for hydroxylation is 1. The van der Waals surface area contributed by atoms with Crippen molar-refractivity contribution < 1.29 is 0 Å². The zero-order chi connectivity index (χ0) is 11.4. The van der Waals surface area contributed by atoms with Gasteiger partial charge in [-0.1, -0.05) is 19.3 Å². The Labute approximate surface area is 96.7 Å². The van der Waals surface area contributed by atoms with E-state index >= 15 is 0 Å². The highest BCUT2D eigenvalue weighted by atomic mass is 15.0. The second-order valence-corrected chi connectivity index (χ2v) is 4.82. The van der Waals surface area contributed by atoms with Gasteiger partial charge < -0.3 is 11.1 Å². The summed E-state index contributed by atoms with van der Waals surface area (Å²) in [5, 5.41) is 3.32. The lowest BCUT2D eigenvalue weighted by Crippen LogP contribution is -2.47. The first-order valence-electron chi connectivity index (χ1n) is 5.99. The van der Waals surface area contributed by atoms with Crippen LogP contribution in [0.2, 0.25) is 0 Å². The Hall–Kier alpha value is -1.16. The molecule has 0 unspecified atom stereocenters. The van der Waals surface area contributed by atoms with Crippen LogP contribution in [-0.2, 0) is 0 Å². The number of hydrogen-bond donors (Lipinski definition) is 2. The topological polar surface area (TPSA) is 63.8 Å². The lowest BCUT2D eigenvalue weighted by Gasteiger charge is -2.33. The predicted molar refractivity (Wildman–Crippen MR) is 65.3 cm³/mol. The molecule has 0 amide bonds. The molecule has 0 spiro atoms. The zero-order valence-electron chi connectivity index (χ0n) is 9.87. The van der Waals surface area contributed by atoms with Gasteiger partial charge >= 0.3 is 0 Å². The summed E-state index contributed by atoms with van der Waals surface area (Å²) < 4.78 is 0. The highest BCUT2D eigenvalue weighted by Crippen LogP contribution is 2.25. The van der Waals surface area contributed by atoms with Gasteiger partial charge in [-0.25, -0.2) is 9.97 Å². The molecule has 0 radical (unpaired) electrons. The number of anilines is 1. The fourth-order valence-corrected chi connectivity index (χ4v) is 2.25. The molecule has 2 rings (SSSR count). The quantitative estimate of drug-likeness (QED) is 0.816. The molecule has 1 aromatic rings. The maximum Gasteiger partial charge on any atom is 0.129 e. The summed E-state index contributed by atoms with van der Waals surface area (Å²) in [7, 11) is 0. The molecular formula is C12H20N4. The highest BCUT2D eigenvalue weighted by Gasteiger charge is 2.26. The van der Waals surface area contributed by atoms with Crippen LogP contribution in [-0.4, -0.2) is 22.1 Å². The van der Waals surface area contributed by atoms with Crippen molar-refractivity contribution in [2.24, 2.45) is 5.73 Å². The van der Waals surface area contributed by atoms with Gasteiger partial charge in [-0.3, -0.25) is 0 Å². The third kappa shape index (κ3) is 2.92. The van der Waals surface area contributed by atoms with Crippen molar-refractivity contribution in [2.45, 2.75) is 44.6 Å². The average molecular weight is 220 g/mol.